The summed E-state index contributed by atoms with van der Waals surface area (Å²) in [7, 11) is 1.77. The number of nitrogens with one attached hydrogen (secondary N) is 1. The quantitative estimate of drug-likeness (QED) is 0.861. The van der Waals surface area contributed by atoms with E-state index in [1.807, 2.05) is 4.90 Å². The smallest absolute Gasteiger partial charge is 0.267 e. The summed E-state index contributed by atoms with van der Waals surface area (Å²) in [6, 6.07) is 0. The van der Waals surface area contributed by atoms with Crippen molar-refractivity contribution < 1.29 is 4.79 Å². The third kappa shape index (κ3) is 3.04. The average Bonchev–Trinajstić information content (AvgIpc) is 2.78. The Kier molecular flexibility index (Phi) is 4.19. The largest absolute Gasteiger partial charge is 0.382 e. The van der Waals surface area contributed by atoms with Gasteiger partial charge in [-0.3, -0.25) is 9.69 Å². The SMILES string of the molecule is CNc1nc(N)c(C(=O)N2CCN(C(C)(C)C)CC2)s1. The number of rotatable bonds is 2. The van der Waals surface area contributed by atoms with Crippen molar-refractivity contribution in [1.82, 2.24) is 14.8 Å². The highest BCUT2D eigenvalue weighted by Gasteiger charge is 2.29. The highest BCUT2D eigenvalue weighted by atomic mass is 32.1. The third-order valence-corrected chi connectivity index (χ3v) is 4.65. The van der Waals surface area contributed by atoms with E-state index in [2.05, 4.69) is 36.0 Å². The highest BCUT2D eigenvalue weighted by molar-refractivity contribution is 7.18. The normalized spacial score (nSPS) is 17.3. The molecule has 20 heavy (non-hydrogen) atoms. The first-order valence-corrected chi connectivity index (χ1v) is 7.63. The minimum Gasteiger partial charge on any atom is -0.382 e. The van der Waals surface area contributed by atoms with Gasteiger partial charge >= 0.3 is 0 Å². The van der Waals surface area contributed by atoms with Gasteiger partial charge in [-0.05, 0) is 20.8 Å². The number of nitrogens with zero attached hydrogens (tertiary/aromatic N) is 3. The molecule has 1 aliphatic rings. The van der Waals surface area contributed by atoms with Crippen molar-refractivity contribution in [3.8, 4) is 0 Å². The minimum atomic E-state index is -0.00457. The van der Waals surface area contributed by atoms with Crippen molar-refractivity contribution in [2.24, 2.45) is 0 Å². The summed E-state index contributed by atoms with van der Waals surface area (Å²) in [4.78, 5) is 21.4. The van der Waals surface area contributed by atoms with Crippen LogP contribution in [0.5, 0.6) is 0 Å². The molecule has 6 nitrogen and oxygen atoms in total. The molecule has 0 spiro atoms. The first-order valence-electron chi connectivity index (χ1n) is 6.81. The highest BCUT2D eigenvalue weighted by Crippen LogP contribution is 2.26. The standard InChI is InChI=1S/C13H23N5OS/c1-13(2,3)18-7-5-17(6-8-18)11(19)9-10(14)16-12(15-4)20-9/h5-8,14H2,1-4H3,(H,15,16). The van der Waals surface area contributed by atoms with Crippen molar-refractivity contribution in [3.05, 3.63) is 4.88 Å². The van der Waals surface area contributed by atoms with Crippen LogP contribution in [0.3, 0.4) is 0 Å². The van der Waals surface area contributed by atoms with Gasteiger partial charge in [-0.2, -0.15) is 0 Å². The molecule has 0 radical (unpaired) electrons. The summed E-state index contributed by atoms with van der Waals surface area (Å²) < 4.78 is 0. The zero-order chi connectivity index (χ0) is 14.9. The van der Waals surface area contributed by atoms with Crippen LogP contribution in [-0.2, 0) is 0 Å². The van der Waals surface area contributed by atoms with Crippen molar-refractivity contribution >= 4 is 28.2 Å². The maximum atomic E-state index is 12.5. The summed E-state index contributed by atoms with van der Waals surface area (Å²) in [5, 5.41) is 3.60. The van der Waals surface area contributed by atoms with Crippen LogP contribution in [0.1, 0.15) is 30.4 Å². The molecular weight excluding hydrogens is 274 g/mol. The first-order chi connectivity index (χ1) is 9.32. The molecule has 1 amide bonds. The van der Waals surface area contributed by atoms with Gasteiger partial charge in [-0.25, -0.2) is 4.98 Å². The van der Waals surface area contributed by atoms with Gasteiger partial charge in [0.2, 0.25) is 0 Å². The number of carbonyl (C=O) groups excluding carboxylic acids is 1. The lowest BCUT2D eigenvalue weighted by atomic mass is 10.0. The number of nitrogens with two attached hydrogens (primary N) is 1. The molecular formula is C13H23N5OS. The Hall–Kier alpha value is -1.34. The average molecular weight is 297 g/mol. The van der Waals surface area contributed by atoms with Gasteiger partial charge in [0, 0.05) is 38.8 Å². The van der Waals surface area contributed by atoms with Crippen LogP contribution >= 0.6 is 11.3 Å². The molecule has 3 N–H and O–H groups in total. The molecule has 0 bridgehead atoms. The van der Waals surface area contributed by atoms with E-state index in [0.29, 0.717) is 15.8 Å². The third-order valence-electron chi connectivity index (χ3n) is 3.58. The molecule has 112 valence electrons. The van der Waals surface area contributed by atoms with Crippen LogP contribution in [0.2, 0.25) is 0 Å². The van der Waals surface area contributed by atoms with Crippen molar-refractivity contribution in [2.75, 3.05) is 44.3 Å². The van der Waals surface area contributed by atoms with Crippen LogP contribution in [-0.4, -0.2) is 59.5 Å². The number of nitrogen functional groups attached to an aromatic ring is 1. The Labute approximate surface area is 124 Å². The Morgan fingerprint density at radius 3 is 2.35 bits per heavy atom. The van der Waals surface area contributed by atoms with Gasteiger partial charge in [0.25, 0.3) is 5.91 Å². The van der Waals surface area contributed by atoms with E-state index >= 15 is 0 Å². The van der Waals surface area contributed by atoms with E-state index in [9.17, 15) is 4.79 Å². The predicted octanol–water partition coefficient (Wildman–Crippen LogP) is 1.32. The van der Waals surface area contributed by atoms with Gasteiger partial charge in [-0.1, -0.05) is 11.3 Å². The van der Waals surface area contributed by atoms with Gasteiger partial charge in [0.05, 0.1) is 0 Å². The molecule has 0 aliphatic carbocycles. The molecule has 0 saturated carbocycles. The Bertz CT molecular complexity index is 485. The lowest BCUT2D eigenvalue weighted by Gasteiger charge is -2.42. The van der Waals surface area contributed by atoms with E-state index in [4.69, 9.17) is 5.73 Å². The van der Waals surface area contributed by atoms with Gasteiger partial charge in [0.1, 0.15) is 10.7 Å². The molecule has 7 heteroatoms. The number of hydrogen-bond donors (Lipinski definition) is 2. The second kappa shape index (κ2) is 5.57. The van der Waals surface area contributed by atoms with E-state index in [0.717, 1.165) is 26.2 Å². The van der Waals surface area contributed by atoms with E-state index < -0.39 is 0 Å². The van der Waals surface area contributed by atoms with Gasteiger partial charge in [-0.15, -0.1) is 0 Å². The Morgan fingerprint density at radius 1 is 1.30 bits per heavy atom. The van der Waals surface area contributed by atoms with Crippen LogP contribution < -0.4 is 11.1 Å². The van der Waals surface area contributed by atoms with Crippen LogP contribution in [0.25, 0.3) is 0 Å². The zero-order valence-corrected chi connectivity index (χ0v) is 13.4. The van der Waals surface area contributed by atoms with Crippen molar-refractivity contribution in [2.45, 2.75) is 26.3 Å². The van der Waals surface area contributed by atoms with Crippen LogP contribution in [0.4, 0.5) is 10.9 Å². The number of carbonyl (C=O) groups is 1. The molecule has 2 rings (SSSR count). The number of thiazole rings is 1. The maximum Gasteiger partial charge on any atom is 0.267 e. The fraction of sp³-hybridized carbons (Fsp3) is 0.692. The number of piperazine rings is 1. The summed E-state index contributed by atoms with van der Waals surface area (Å²) >= 11 is 1.32. The molecule has 1 saturated heterocycles. The van der Waals surface area contributed by atoms with Crippen molar-refractivity contribution in [3.63, 3.8) is 0 Å². The summed E-state index contributed by atoms with van der Waals surface area (Å²) in [5.41, 5.74) is 5.97. The summed E-state index contributed by atoms with van der Waals surface area (Å²) in [5.74, 6) is 0.317. The lowest BCUT2D eigenvalue weighted by Crippen LogP contribution is -2.54. The monoisotopic (exact) mass is 297 g/mol. The first kappa shape index (κ1) is 15.1. The van der Waals surface area contributed by atoms with Crippen molar-refractivity contribution in [1.29, 1.82) is 0 Å². The predicted molar refractivity (Wildman–Crippen MR) is 83.3 cm³/mol. The van der Waals surface area contributed by atoms with E-state index in [-0.39, 0.29) is 11.4 Å². The molecule has 2 heterocycles. The summed E-state index contributed by atoms with van der Waals surface area (Å²) in [6.07, 6.45) is 0. The van der Waals surface area contributed by atoms with E-state index in [1.54, 1.807) is 7.05 Å². The molecule has 1 fully saturated rings. The van der Waals surface area contributed by atoms with E-state index in [1.165, 1.54) is 11.3 Å². The molecule has 1 aromatic rings. The lowest BCUT2D eigenvalue weighted by molar-refractivity contribution is 0.0455. The van der Waals surface area contributed by atoms with Crippen LogP contribution in [0, 0.1) is 0 Å². The fourth-order valence-corrected chi connectivity index (χ4v) is 3.12. The molecule has 0 unspecified atom stereocenters. The zero-order valence-electron chi connectivity index (χ0n) is 12.6. The number of aromatic nitrogens is 1. The van der Waals surface area contributed by atoms with Gasteiger partial charge in [0.15, 0.2) is 5.13 Å². The van der Waals surface area contributed by atoms with Crippen LogP contribution in [0.15, 0.2) is 0 Å². The Balaban J connectivity index is 2.03. The molecule has 0 atom stereocenters. The number of anilines is 2. The second-order valence-electron chi connectivity index (χ2n) is 5.93. The number of hydrogen-bond acceptors (Lipinski definition) is 6. The number of amides is 1. The molecule has 1 aliphatic heterocycles. The Morgan fingerprint density at radius 2 is 1.90 bits per heavy atom. The van der Waals surface area contributed by atoms with Gasteiger partial charge < -0.3 is 16.0 Å². The summed E-state index contributed by atoms with van der Waals surface area (Å²) in [6.45, 7) is 9.87. The topological polar surface area (TPSA) is 74.5 Å². The molecule has 1 aromatic heterocycles. The fourth-order valence-electron chi connectivity index (χ4n) is 2.32. The second-order valence-corrected chi connectivity index (χ2v) is 6.93. The maximum absolute atomic E-state index is 12.5. The minimum absolute atomic E-state index is 0.00457. The molecule has 0 aromatic carbocycles.